The van der Waals surface area contributed by atoms with Crippen LogP contribution in [-0.4, -0.2) is 24.0 Å². The van der Waals surface area contributed by atoms with E-state index < -0.39 is 0 Å². The minimum Gasteiger partial charge on any atom is -0.330 e. The lowest BCUT2D eigenvalue weighted by atomic mass is 9.91. The molecule has 2 rings (SSSR count). The van der Waals surface area contributed by atoms with Gasteiger partial charge in [-0.2, -0.15) is 0 Å². The maximum atomic E-state index is 12.8. The second-order valence-corrected chi connectivity index (χ2v) is 4.82. The summed E-state index contributed by atoms with van der Waals surface area (Å²) in [6.07, 6.45) is 4.97. The van der Waals surface area contributed by atoms with E-state index in [1.807, 2.05) is 12.1 Å². The first kappa shape index (κ1) is 12.5. The van der Waals surface area contributed by atoms with E-state index in [2.05, 4.69) is 4.90 Å². The summed E-state index contributed by atoms with van der Waals surface area (Å²) < 4.78 is 12.8. The predicted octanol–water partition coefficient (Wildman–Crippen LogP) is 2.53. The molecule has 0 aromatic heterocycles. The summed E-state index contributed by atoms with van der Waals surface area (Å²) in [6.45, 7) is 2.72. The Balaban J connectivity index is 1.93. The van der Waals surface area contributed by atoms with Crippen LogP contribution >= 0.6 is 0 Å². The van der Waals surface area contributed by atoms with Crippen LogP contribution in [0.15, 0.2) is 24.3 Å². The molecule has 0 heterocycles. The lowest BCUT2D eigenvalue weighted by molar-refractivity contribution is 0.118. The first-order chi connectivity index (χ1) is 8.29. The van der Waals surface area contributed by atoms with E-state index in [9.17, 15) is 4.39 Å². The van der Waals surface area contributed by atoms with Crippen molar-refractivity contribution in [2.24, 2.45) is 5.73 Å². The predicted molar refractivity (Wildman–Crippen MR) is 68.1 cm³/mol. The minimum atomic E-state index is -0.161. The standard InChI is InChI=1S/C14H21FN2/c15-13-7-5-12(6-8-13)11-17(10-2-9-16)14-3-1-4-14/h5-8,14H,1-4,9-11,16H2. The highest BCUT2D eigenvalue weighted by Gasteiger charge is 2.24. The average molecular weight is 236 g/mol. The van der Waals surface area contributed by atoms with Gasteiger partial charge in [0.2, 0.25) is 0 Å². The Morgan fingerprint density at radius 3 is 2.47 bits per heavy atom. The van der Waals surface area contributed by atoms with Gasteiger partial charge in [0.1, 0.15) is 5.82 Å². The Kier molecular flexibility index (Phi) is 4.51. The lowest BCUT2D eigenvalue weighted by Crippen LogP contribution is -2.40. The second kappa shape index (κ2) is 6.12. The van der Waals surface area contributed by atoms with Crippen LogP contribution < -0.4 is 5.73 Å². The highest BCUT2D eigenvalue weighted by molar-refractivity contribution is 5.16. The van der Waals surface area contributed by atoms with Crippen molar-refractivity contribution in [2.45, 2.75) is 38.3 Å². The SMILES string of the molecule is NCCCN(Cc1ccc(F)cc1)C1CCC1. The van der Waals surface area contributed by atoms with Crippen LogP contribution in [0.4, 0.5) is 4.39 Å². The van der Waals surface area contributed by atoms with Crippen LogP contribution in [-0.2, 0) is 6.54 Å². The molecule has 0 unspecified atom stereocenters. The second-order valence-electron chi connectivity index (χ2n) is 4.82. The zero-order valence-electron chi connectivity index (χ0n) is 10.2. The van der Waals surface area contributed by atoms with E-state index in [1.54, 1.807) is 0 Å². The fourth-order valence-corrected chi connectivity index (χ4v) is 2.26. The number of halogens is 1. The van der Waals surface area contributed by atoms with Gasteiger partial charge < -0.3 is 5.73 Å². The zero-order chi connectivity index (χ0) is 12.1. The van der Waals surface area contributed by atoms with E-state index in [1.165, 1.54) is 37.0 Å². The quantitative estimate of drug-likeness (QED) is 0.822. The van der Waals surface area contributed by atoms with Crippen LogP contribution in [0.5, 0.6) is 0 Å². The van der Waals surface area contributed by atoms with Crippen LogP contribution in [0.25, 0.3) is 0 Å². The third-order valence-corrected chi connectivity index (χ3v) is 3.54. The number of nitrogens with two attached hydrogens (primary N) is 1. The van der Waals surface area contributed by atoms with Gasteiger partial charge in [-0.25, -0.2) is 4.39 Å². The summed E-state index contributed by atoms with van der Waals surface area (Å²) in [5.41, 5.74) is 6.76. The molecule has 0 aliphatic heterocycles. The van der Waals surface area contributed by atoms with Crippen LogP contribution in [0, 0.1) is 5.82 Å². The maximum absolute atomic E-state index is 12.8. The maximum Gasteiger partial charge on any atom is 0.123 e. The Morgan fingerprint density at radius 2 is 1.94 bits per heavy atom. The van der Waals surface area contributed by atoms with Gasteiger partial charge >= 0.3 is 0 Å². The molecule has 0 amide bonds. The molecule has 1 saturated carbocycles. The molecule has 1 aromatic rings. The van der Waals surface area contributed by atoms with Crippen molar-refractivity contribution in [2.75, 3.05) is 13.1 Å². The minimum absolute atomic E-state index is 0.161. The zero-order valence-corrected chi connectivity index (χ0v) is 10.2. The van der Waals surface area contributed by atoms with E-state index in [0.717, 1.165) is 26.1 Å². The number of benzene rings is 1. The third kappa shape index (κ3) is 3.51. The first-order valence-electron chi connectivity index (χ1n) is 6.48. The molecule has 1 aliphatic rings. The normalized spacial score (nSPS) is 16.2. The lowest BCUT2D eigenvalue weighted by Gasteiger charge is -2.37. The van der Waals surface area contributed by atoms with Crippen molar-refractivity contribution in [3.63, 3.8) is 0 Å². The number of hydrogen-bond donors (Lipinski definition) is 1. The van der Waals surface area contributed by atoms with Crippen LogP contribution in [0.2, 0.25) is 0 Å². The molecule has 0 bridgehead atoms. The molecular formula is C14H21FN2. The Bertz CT molecular complexity index is 333. The molecule has 17 heavy (non-hydrogen) atoms. The fraction of sp³-hybridized carbons (Fsp3) is 0.571. The van der Waals surface area contributed by atoms with E-state index in [0.29, 0.717) is 6.04 Å². The number of rotatable bonds is 6. The van der Waals surface area contributed by atoms with Gasteiger partial charge in [-0.3, -0.25) is 4.90 Å². The van der Waals surface area contributed by atoms with Crippen molar-refractivity contribution in [1.29, 1.82) is 0 Å². The van der Waals surface area contributed by atoms with Gasteiger partial charge in [0.05, 0.1) is 0 Å². The van der Waals surface area contributed by atoms with E-state index in [-0.39, 0.29) is 5.82 Å². The number of nitrogens with zero attached hydrogens (tertiary/aromatic N) is 1. The topological polar surface area (TPSA) is 29.3 Å². The Labute approximate surface area is 103 Å². The van der Waals surface area contributed by atoms with Crippen molar-refractivity contribution in [3.05, 3.63) is 35.6 Å². The molecule has 2 nitrogen and oxygen atoms in total. The van der Waals surface area contributed by atoms with E-state index >= 15 is 0 Å². The van der Waals surface area contributed by atoms with Crippen molar-refractivity contribution >= 4 is 0 Å². The number of hydrogen-bond acceptors (Lipinski definition) is 2. The van der Waals surface area contributed by atoms with Gasteiger partial charge in [-0.05, 0) is 50.0 Å². The molecule has 1 fully saturated rings. The average Bonchev–Trinajstić information content (AvgIpc) is 2.26. The summed E-state index contributed by atoms with van der Waals surface area (Å²) >= 11 is 0. The largest absolute Gasteiger partial charge is 0.330 e. The van der Waals surface area contributed by atoms with Gasteiger partial charge in [-0.1, -0.05) is 18.6 Å². The fourth-order valence-electron chi connectivity index (χ4n) is 2.26. The molecule has 2 N–H and O–H groups in total. The Morgan fingerprint density at radius 1 is 1.24 bits per heavy atom. The van der Waals surface area contributed by atoms with Crippen molar-refractivity contribution < 1.29 is 4.39 Å². The molecule has 0 saturated heterocycles. The smallest absolute Gasteiger partial charge is 0.123 e. The molecule has 0 atom stereocenters. The van der Waals surface area contributed by atoms with Crippen LogP contribution in [0.3, 0.4) is 0 Å². The Hall–Kier alpha value is -0.930. The molecule has 3 heteroatoms. The summed E-state index contributed by atoms with van der Waals surface area (Å²) in [5, 5.41) is 0. The summed E-state index contributed by atoms with van der Waals surface area (Å²) in [7, 11) is 0. The molecular weight excluding hydrogens is 215 g/mol. The molecule has 0 radical (unpaired) electrons. The van der Waals surface area contributed by atoms with Gasteiger partial charge in [0.25, 0.3) is 0 Å². The third-order valence-electron chi connectivity index (χ3n) is 3.54. The van der Waals surface area contributed by atoms with Gasteiger partial charge in [-0.15, -0.1) is 0 Å². The van der Waals surface area contributed by atoms with Crippen molar-refractivity contribution in [1.82, 2.24) is 4.90 Å². The summed E-state index contributed by atoms with van der Waals surface area (Å²) in [6, 6.07) is 7.55. The first-order valence-corrected chi connectivity index (χ1v) is 6.48. The van der Waals surface area contributed by atoms with Crippen LogP contribution in [0.1, 0.15) is 31.2 Å². The van der Waals surface area contributed by atoms with Gasteiger partial charge in [0, 0.05) is 12.6 Å². The summed E-state index contributed by atoms with van der Waals surface area (Å²) in [5.74, 6) is -0.161. The monoisotopic (exact) mass is 236 g/mol. The molecule has 94 valence electrons. The highest BCUT2D eigenvalue weighted by atomic mass is 19.1. The van der Waals surface area contributed by atoms with Crippen molar-refractivity contribution in [3.8, 4) is 0 Å². The highest BCUT2D eigenvalue weighted by Crippen LogP contribution is 2.26. The van der Waals surface area contributed by atoms with E-state index in [4.69, 9.17) is 5.73 Å². The molecule has 0 spiro atoms. The molecule has 1 aromatic carbocycles. The van der Waals surface area contributed by atoms with Gasteiger partial charge in [0.15, 0.2) is 0 Å². The summed E-state index contributed by atoms with van der Waals surface area (Å²) in [4.78, 5) is 2.49. The molecule has 1 aliphatic carbocycles.